The van der Waals surface area contributed by atoms with Crippen LogP contribution in [-0.4, -0.2) is 3.07 Å². The fraction of sp³-hybridized carbons (Fsp3) is 0.250. The van der Waals surface area contributed by atoms with E-state index in [2.05, 4.69) is 104 Å². The van der Waals surface area contributed by atoms with Crippen LogP contribution in [0, 0.1) is 0 Å². The van der Waals surface area contributed by atoms with Gasteiger partial charge in [-0.05, 0) is 36.1 Å². The Labute approximate surface area is 142 Å². The summed E-state index contributed by atoms with van der Waals surface area (Å²) in [6.07, 6.45) is 2.46. The molecule has 0 bridgehead atoms. The summed E-state index contributed by atoms with van der Waals surface area (Å²) in [6, 6.07) is 24.5. The topological polar surface area (TPSA) is 0 Å². The first kappa shape index (κ1) is 15.5. The normalized spacial score (nSPS) is 11.5. The van der Waals surface area contributed by atoms with Gasteiger partial charge in [-0.3, -0.25) is 0 Å². The van der Waals surface area contributed by atoms with Gasteiger partial charge in [-0.15, -0.1) is 43.6 Å². The summed E-state index contributed by atoms with van der Waals surface area (Å²) in [4.78, 5) is 0. The minimum atomic E-state index is -1.13. The Kier molecular flexibility index (Phi) is 6.35. The van der Waals surface area contributed by atoms with Gasteiger partial charge in [-0.2, -0.15) is 0 Å². The van der Waals surface area contributed by atoms with Gasteiger partial charge in [0.1, 0.15) is 0 Å². The smallest absolute Gasteiger partial charge is 0.105 e. The van der Waals surface area contributed by atoms with Crippen LogP contribution < -0.4 is 0 Å². The first-order chi connectivity index (χ1) is 9.16. The summed E-state index contributed by atoms with van der Waals surface area (Å²) in [6.45, 7) is 0. The highest BCUT2D eigenvalue weighted by Gasteiger charge is 2.25. The highest BCUT2D eigenvalue weighted by molar-refractivity contribution is 14.3. The molecule has 19 heavy (non-hydrogen) atoms. The Bertz CT molecular complexity index is 437. The Balaban J connectivity index is 1.82. The van der Waals surface area contributed by atoms with E-state index >= 15 is 0 Å². The second kappa shape index (κ2) is 7.78. The summed E-state index contributed by atoms with van der Waals surface area (Å²) in [5, 5.41) is 0. The van der Waals surface area contributed by atoms with Crippen LogP contribution in [0.25, 0.3) is 0 Å². The summed E-state index contributed by atoms with van der Waals surface area (Å²) in [7, 11) is 0. The lowest BCUT2D eigenvalue weighted by atomic mass is 10.2. The standard InChI is InChI=1S/C16H18I2Si/c17-19(18,13-11-15-7-3-1-4-8-15)14-12-16-9-5-2-6-10-16/h1-10H,11-14H2. The number of rotatable bonds is 6. The van der Waals surface area contributed by atoms with Crippen LogP contribution in [0.4, 0.5) is 0 Å². The predicted octanol–water partition coefficient (Wildman–Crippen LogP) is 5.78. The molecule has 0 saturated heterocycles. The van der Waals surface area contributed by atoms with E-state index in [0.29, 0.717) is 0 Å². The molecule has 0 aliphatic heterocycles. The van der Waals surface area contributed by atoms with Crippen LogP contribution in [0.15, 0.2) is 60.7 Å². The van der Waals surface area contributed by atoms with Crippen LogP contribution in [-0.2, 0) is 12.8 Å². The van der Waals surface area contributed by atoms with E-state index in [1.807, 2.05) is 0 Å². The van der Waals surface area contributed by atoms with E-state index in [0.717, 1.165) is 0 Å². The summed E-state index contributed by atoms with van der Waals surface area (Å²) < 4.78 is -1.13. The third kappa shape index (κ3) is 5.95. The Hall–Kier alpha value is 0.117. The summed E-state index contributed by atoms with van der Waals surface area (Å²) in [5.41, 5.74) is 2.96. The molecule has 0 spiro atoms. The van der Waals surface area contributed by atoms with Crippen molar-refractivity contribution in [1.82, 2.24) is 0 Å². The van der Waals surface area contributed by atoms with E-state index < -0.39 is 3.07 Å². The van der Waals surface area contributed by atoms with E-state index in [1.165, 1.54) is 36.1 Å². The Morgan fingerprint density at radius 3 is 1.37 bits per heavy atom. The molecule has 0 N–H and O–H groups in total. The molecule has 0 atom stereocenters. The van der Waals surface area contributed by atoms with Gasteiger partial charge in [0.25, 0.3) is 0 Å². The van der Waals surface area contributed by atoms with Gasteiger partial charge < -0.3 is 0 Å². The summed E-state index contributed by atoms with van der Waals surface area (Å²) in [5.74, 6) is 0. The van der Waals surface area contributed by atoms with Gasteiger partial charge in [0.2, 0.25) is 0 Å². The van der Waals surface area contributed by atoms with Crippen molar-refractivity contribution >= 4 is 46.7 Å². The molecule has 0 aliphatic rings. The van der Waals surface area contributed by atoms with E-state index in [4.69, 9.17) is 0 Å². The van der Waals surface area contributed by atoms with Gasteiger partial charge in [-0.1, -0.05) is 60.7 Å². The van der Waals surface area contributed by atoms with E-state index in [9.17, 15) is 0 Å². The molecule has 0 amide bonds. The van der Waals surface area contributed by atoms with Gasteiger partial charge in [-0.25, -0.2) is 0 Å². The van der Waals surface area contributed by atoms with Crippen molar-refractivity contribution in [1.29, 1.82) is 0 Å². The van der Waals surface area contributed by atoms with Gasteiger partial charge in [0.15, 0.2) is 3.07 Å². The number of hydrogen-bond acceptors (Lipinski definition) is 0. The molecule has 0 unspecified atom stereocenters. The zero-order valence-corrected chi connectivity index (χ0v) is 16.2. The zero-order chi connectivity index (χ0) is 13.6. The molecule has 0 aromatic heterocycles. The highest BCUT2D eigenvalue weighted by atomic mass is 127. The molecule has 0 heterocycles. The van der Waals surface area contributed by atoms with Crippen LogP contribution >= 0.6 is 43.6 Å². The Morgan fingerprint density at radius 2 is 1.00 bits per heavy atom. The van der Waals surface area contributed by atoms with Crippen LogP contribution in [0.5, 0.6) is 0 Å². The number of hydrogen-bond donors (Lipinski definition) is 0. The Morgan fingerprint density at radius 1 is 0.632 bits per heavy atom. The summed E-state index contributed by atoms with van der Waals surface area (Å²) >= 11 is 5.51. The van der Waals surface area contributed by atoms with Crippen molar-refractivity contribution in [2.45, 2.75) is 24.9 Å². The molecule has 3 heteroatoms. The van der Waals surface area contributed by atoms with E-state index in [1.54, 1.807) is 0 Å². The van der Waals surface area contributed by atoms with E-state index in [-0.39, 0.29) is 0 Å². The van der Waals surface area contributed by atoms with Gasteiger partial charge in [0.05, 0.1) is 0 Å². The van der Waals surface area contributed by atoms with Crippen molar-refractivity contribution < 1.29 is 0 Å². The molecule has 100 valence electrons. The third-order valence-electron chi connectivity index (χ3n) is 3.24. The van der Waals surface area contributed by atoms with Crippen LogP contribution in [0.2, 0.25) is 12.1 Å². The lowest BCUT2D eigenvalue weighted by molar-refractivity contribution is 1.07. The van der Waals surface area contributed by atoms with Gasteiger partial charge in [0, 0.05) is 0 Å². The monoisotopic (exact) mass is 492 g/mol. The highest BCUT2D eigenvalue weighted by Crippen LogP contribution is 2.33. The van der Waals surface area contributed by atoms with Gasteiger partial charge >= 0.3 is 0 Å². The number of benzene rings is 2. The second-order valence-corrected chi connectivity index (χ2v) is 26.1. The minimum absolute atomic E-state index is 1.13. The molecule has 0 fully saturated rings. The third-order valence-corrected chi connectivity index (χ3v) is 11.7. The fourth-order valence-corrected chi connectivity index (χ4v) is 6.86. The maximum Gasteiger partial charge on any atom is 0.192 e. The molecule has 0 aliphatic carbocycles. The molecule has 0 radical (unpaired) electrons. The lowest BCUT2D eigenvalue weighted by Gasteiger charge is -2.18. The van der Waals surface area contributed by atoms with Crippen molar-refractivity contribution in [2.75, 3.05) is 0 Å². The zero-order valence-electron chi connectivity index (χ0n) is 10.9. The fourth-order valence-electron chi connectivity index (χ4n) is 2.07. The molecule has 0 saturated carbocycles. The molecule has 0 nitrogen and oxygen atoms in total. The van der Waals surface area contributed by atoms with Crippen molar-refractivity contribution in [3.05, 3.63) is 71.8 Å². The predicted molar refractivity (Wildman–Crippen MR) is 104 cm³/mol. The molecule has 2 rings (SSSR count). The average Bonchev–Trinajstić information content (AvgIpc) is 2.46. The average molecular weight is 492 g/mol. The molecular formula is C16H18I2Si. The molecule has 2 aromatic rings. The first-order valence-electron chi connectivity index (χ1n) is 6.61. The maximum absolute atomic E-state index is 2.75. The second-order valence-electron chi connectivity index (χ2n) is 4.83. The number of aryl methyl sites for hydroxylation is 2. The van der Waals surface area contributed by atoms with Crippen molar-refractivity contribution in [3.8, 4) is 0 Å². The minimum Gasteiger partial charge on any atom is -0.105 e. The molecule has 2 aromatic carbocycles. The van der Waals surface area contributed by atoms with Crippen LogP contribution in [0.1, 0.15) is 11.1 Å². The lowest BCUT2D eigenvalue weighted by Crippen LogP contribution is -2.18. The first-order valence-corrected chi connectivity index (χ1v) is 15.3. The van der Waals surface area contributed by atoms with Crippen molar-refractivity contribution in [2.24, 2.45) is 0 Å². The number of halogens is 2. The quantitative estimate of drug-likeness (QED) is 0.273. The molecular weight excluding hydrogens is 474 g/mol. The SMILES string of the molecule is I[Si](I)(CCc1ccccc1)CCc1ccccc1. The largest absolute Gasteiger partial charge is 0.192 e. The van der Waals surface area contributed by atoms with Crippen LogP contribution in [0.3, 0.4) is 0 Å². The van der Waals surface area contributed by atoms with Crippen molar-refractivity contribution in [3.63, 3.8) is 0 Å². The maximum atomic E-state index is 2.75.